The summed E-state index contributed by atoms with van der Waals surface area (Å²) in [7, 11) is 0. The van der Waals surface area contributed by atoms with Crippen LogP contribution in [0.4, 0.5) is 0 Å². The second kappa shape index (κ2) is 3.18. The Morgan fingerprint density at radius 2 is 2.50 bits per heavy atom. The third-order valence-electron chi connectivity index (χ3n) is 0.348. The highest BCUT2D eigenvalue weighted by molar-refractivity contribution is 7.80. The summed E-state index contributed by atoms with van der Waals surface area (Å²) in [5, 5.41) is 0. The quantitative estimate of drug-likeness (QED) is 0.457. The largest absolute Gasteiger partial charge is 0.320 e. The van der Waals surface area contributed by atoms with E-state index in [4.69, 9.17) is 5.73 Å². The highest BCUT2D eigenvalue weighted by Gasteiger charge is 1.91. The average Bonchev–Trinajstić information content (AvgIpc) is 1.65. The molecule has 2 N–H and O–H groups in total. The van der Waals surface area contributed by atoms with Gasteiger partial charge in [-0.3, -0.25) is 4.79 Å². The molecule has 0 rings (SSSR count). The molecule has 0 aliphatic heterocycles. The van der Waals surface area contributed by atoms with Crippen molar-refractivity contribution in [2.24, 2.45) is 5.73 Å². The number of carbonyl (C=O) groups excluding carboxylic acids is 1. The van der Waals surface area contributed by atoms with E-state index in [9.17, 15) is 4.79 Å². The highest BCUT2D eigenvalue weighted by Crippen LogP contribution is 1.73. The molecule has 0 aliphatic carbocycles. The number of rotatable bonds is 2. The molecule has 0 saturated carbocycles. The molecule has 0 saturated heterocycles. The summed E-state index contributed by atoms with van der Waals surface area (Å²) < 4.78 is 0. The van der Waals surface area contributed by atoms with Crippen molar-refractivity contribution in [2.45, 2.75) is 6.04 Å². The monoisotopic (exact) mass is 104 g/mol. The molecular weight excluding hydrogens is 98.1 g/mol. The second-order valence-corrected chi connectivity index (χ2v) is 1.27. The molecule has 3 heteroatoms. The standard InChI is InChI=1S/C3H6NOS/c4-3(1-5)2-6/h3,6H,2,4H2. The van der Waals surface area contributed by atoms with E-state index in [0.29, 0.717) is 5.75 Å². The van der Waals surface area contributed by atoms with Gasteiger partial charge in [0.05, 0.1) is 6.04 Å². The van der Waals surface area contributed by atoms with Gasteiger partial charge in [-0.05, 0) is 0 Å². The lowest BCUT2D eigenvalue weighted by Crippen LogP contribution is -2.22. The molecule has 0 amide bonds. The van der Waals surface area contributed by atoms with Crippen LogP contribution in [0.3, 0.4) is 0 Å². The fourth-order valence-corrected chi connectivity index (χ4v) is 0.112. The van der Waals surface area contributed by atoms with Crippen LogP contribution < -0.4 is 5.73 Å². The molecule has 1 unspecified atom stereocenters. The molecule has 0 spiro atoms. The van der Waals surface area contributed by atoms with Crippen LogP contribution in [-0.2, 0) is 4.79 Å². The van der Waals surface area contributed by atoms with Crippen LogP contribution in [0.1, 0.15) is 0 Å². The Kier molecular flexibility index (Phi) is 3.17. The minimum atomic E-state index is -0.506. The van der Waals surface area contributed by atoms with Gasteiger partial charge in [0.15, 0.2) is 0 Å². The fourth-order valence-electron chi connectivity index (χ4n) is 0.0373. The number of hydrogen-bond donors (Lipinski definition) is 2. The van der Waals surface area contributed by atoms with Crippen molar-refractivity contribution in [2.75, 3.05) is 5.75 Å². The van der Waals surface area contributed by atoms with Crippen LogP contribution >= 0.6 is 12.6 Å². The smallest absolute Gasteiger partial charge is 0.217 e. The lowest BCUT2D eigenvalue weighted by atomic mass is 10.4. The maximum absolute atomic E-state index is 9.44. The predicted molar refractivity (Wildman–Crippen MR) is 27.5 cm³/mol. The summed E-state index contributed by atoms with van der Waals surface area (Å²) in [5.74, 6) is 0.378. The van der Waals surface area contributed by atoms with Crippen LogP contribution in [0, 0.1) is 0 Å². The molecule has 0 heterocycles. The summed E-state index contributed by atoms with van der Waals surface area (Å²) in [6.45, 7) is 0. The Bertz CT molecular complexity index is 48.1. The molecular formula is C3H6NOS. The summed E-state index contributed by atoms with van der Waals surface area (Å²) >= 11 is 3.71. The van der Waals surface area contributed by atoms with Gasteiger partial charge in [-0.1, -0.05) is 0 Å². The lowest BCUT2D eigenvalue weighted by Gasteiger charge is -1.88. The zero-order valence-corrected chi connectivity index (χ0v) is 4.11. The molecule has 2 nitrogen and oxygen atoms in total. The average molecular weight is 104 g/mol. The minimum Gasteiger partial charge on any atom is -0.320 e. The van der Waals surface area contributed by atoms with Crippen molar-refractivity contribution < 1.29 is 4.79 Å². The Balaban J connectivity index is 2.96. The van der Waals surface area contributed by atoms with Gasteiger partial charge < -0.3 is 5.73 Å². The first-order valence-electron chi connectivity index (χ1n) is 1.55. The van der Waals surface area contributed by atoms with Crippen LogP contribution in [0.2, 0.25) is 0 Å². The van der Waals surface area contributed by atoms with Crippen molar-refractivity contribution in [1.82, 2.24) is 0 Å². The third kappa shape index (κ3) is 2.23. The second-order valence-electron chi connectivity index (χ2n) is 0.907. The maximum Gasteiger partial charge on any atom is 0.217 e. The molecule has 1 atom stereocenters. The van der Waals surface area contributed by atoms with E-state index in [1.165, 1.54) is 0 Å². The summed E-state index contributed by atoms with van der Waals surface area (Å²) in [4.78, 5) is 9.44. The number of nitrogens with two attached hydrogens (primary N) is 1. The molecule has 0 bridgehead atoms. The van der Waals surface area contributed by atoms with Crippen LogP contribution in [-0.4, -0.2) is 18.1 Å². The third-order valence-corrected chi connectivity index (χ3v) is 0.741. The Morgan fingerprint density at radius 3 is 2.50 bits per heavy atom. The summed E-state index contributed by atoms with van der Waals surface area (Å²) in [5.41, 5.74) is 4.97. The Labute approximate surface area is 42.1 Å². The molecule has 35 valence electrons. The summed E-state index contributed by atoms with van der Waals surface area (Å²) in [6.07, 6.45) is 1.57. The number of hydrogen-bond acceptors (Lipinski definition) is 3. The fraction of sp³-hybridized carbons (Fsp3) is 0.667. The first kappa shape index (κ1) is 5.98. The van der Waals surface area contributed by atoms with Crippen molar-refractivity contribution >= 4 is 18.9 Å². The van der Waals surface area contributed by atoms with Gasteiger partial charge in [0.2, 0.25) is 6.29 Å². The van der Waals surface area contributed by atoms with Crippen LogP contribution in [0.25, 0.3) is 0 Å². The molecule has 0 aromatic carbocycles. The van der Waals surface area contributed by atoms with E-state index >= 15 is 0 Å². The van der Waals surface area contributed by atoms with Crippen molar-refractivity contribution in [3.63, 3.8) is 0 Å². The van der Waals surface area contributed by atoms with Gasteiger partial charge in [-0.2, -0.15) is 12.6 Å². The molecule has 0 aromatic rings. The van der Waals surface area contributed by atoms with E-state index in [1.54, 1.807) is 6.29 Å². The van der Waals surface area contributed by atoms with Crippen molar-refractivity contribution in [3.05, 3.63) is 0 Å². The van der Waals surface area contributed by atoms with Crippen LogP contribution in [0.5, 0.6) is 0 Å². The Morgan fingerprint density at radius 1 is 2.00 bits per heavy atom. The van der Waals surface area contributed by atoms with E-state index in [0.717, 1.165) is 0 Å². The SMILES string of the molecule is NC([C]=O)CS. The van der Waals surface area contributed by atoms with Gasteiger partial charge in [-0.25, -0.2) is 0 Å². The topological polar surface area (TPSA) is 43.1 Å². The minimum absolute atomic E-state index is 0.378. The predicted octanol–water partition coefficient (Wildman–Crippen LogP) is -0.647. The summed E-state index contributed by atoms with van der Waals surface area (Å²) in [6, 6.07) is -0.506. The normalized spacial score (nSPS) is 13.7. The number of thiol groups is 1. The maximum atomic E-state index is 9.44. The van der Waals surface area contributed by atoms with Crippen molar-refractivity contribution in [3.8, 4) is 0 Å². The van der Waals surface area contributed by atoms with Gasteiger partial charge >= 0.3 is 0 Å². The van der Waals surface area contributed by atoms with Gasteiger partial charge in [-0.15, -0.1) is 0 Å². The van der Waals surface area contributed by atoms with Gasteiger partial charge in [0, 0.05) is 5.75 Å². The zero-order valence-electron chi connectivity index (χ0n) is 3.22. The molecule has 1 radical (unpaired) electrons. The highest BCUT2D eigenvalue weighted by atomic mass is 32.1. The van der Waals surface area contributed by atoms with E-state index in [1.807, 2.05) is 0 Å². The van der Waals surface area contributed by atoms with Gasteiger partial charge in [0.1, 0.15) is 0 Å². The van der Waals surface area contributed by atoms with Gasteiger partial charge in [0.25, 0.3) is 0 Å². The van der Waals surface area contributed by atoms with E-state index in [-0.39, 0.29) is 0 Å². The van der Waals surface area contributed by atoms with Crippen LogP contribution in [0.15, 0.2) is 0 Å². The Hall–Kier alpha value is -0.0200. The lowest BCUT2D eigenvalue weighted by molar-refractivity contribution is 0.546. The molecule has 0 fully saturated rings. The van der Waals surface area contributed by atoms with E-state index in [2.05, 4.69) is 12.6 Å². The van der Waals surface area contributed by atoms with Crippen molar-refractivity contribution in [1.29, 1.82) is 0 Å². The first-order chi connectivity index (χ1) is 2.81. The van der Waals surface area contributed by atoms with E-state index < -0.39 is 6.04 Å². The molecule has 6 heavy (non-hydrogen) atoms. The first-order valence-corrected chi connectivity index (χ1v) is 2.18. The zero-order chi connectivity index (χ0) is 4.99. The molecule has 0 aliphatic rings. The molecule has 0 aromatic heterocycles.